The zero-order valence-corrected chi connectivity index (χ0v) is 9.79. The Bertz CT molecular complexity index is 605. The Hall–Kier alpha value is -2.56. The number of hydrogen-bond acceptors (Lipinski definition) is 3. The first-order valence-electron chi connectivity index (χ1n) is 5.30. The Morgan fingerprint density at radius 3 is 2.44 bits per heavy atom. The van der Waals surface area contributed by atoms with Crippen molar-refractivity contribution in [3.8, 4) is 0 Å². The van der Waals surface area contributed by atoms with Gasteiger partial charge in [-0.3, -0.25) is 0 Å². The SMILES string of the molecule is COC(=O)N(C(N)=O)c1cccc2ccccc12. The molecule has 0 saturated carbocycles. The van der Waals surface area contributed by atoms with Crippen molar-refractivity contribution >= 4 is 28.6 Å². The number of urea groups is 1. The number of methoxy groups -OCH3 is 1. The number of hydrogen-bond donors (Lipinski definition) is 1. The minimum Gasteiger partial charge on any atom is -0.452 e. The lowest BCUT2D eigenvalue weighted by molar-refractivity contribution is 0.179. The summed E-state index contributed by atoms with van der Waals surface area (Å²) in [5.74, 6) is 0. The van der Waals surface area contributed by atoms with Crippen LogP contribution in [0.25, 0.3) is 10.8 Å². The molecule has 2 rings (SSSR count). The van der Waals surface area contributed by atoms with Gasteiger partial charge < -0.3 is 10.5 Å². The highest BCUT2D eigenvalue weighted by Crippen LogP contribution is 2.26. The Kier molecular flexibility index (Phi) is 3.14. The van der Waals surface area contributed by atoms with E-state index in [1.807, 2.05) is 30.3 Å². The third-order valence-electron chi connectivity index (χ3n) is 2.59. The van der Waals surface area contributed by atoms with E-state index in [1.54, 1.807) is 12.1 Å². The molecule has 2 aromatic carbocycles. The molecular weight excluding hydrogens is 232 g/mol. The second kappa shape index (κ2) is 4.75. The first-order valence-corrected chi connectivity index (χ1v) is 5.30. The van der Waals surface area contributed by atoms with Gasteiger partial charge in [0.25, 0.3) is 0 Å². The summed E-state index contributed by atoms with van der Waals surface area (Å²) in [6, 6.07) is 11.8. The largest absolute Gasteiger partial charge is 0.452 e. The van der Waals surface area contributed by atoms with E-state index in [1.165, 1.54) is 7.11 Å². The van der Waals surface area contributed by atoms with Crippen molar-refractivity contribution in [1.29, 1.82) is 0 Å². The van der Waals surface area contributed by atoms with Gasteiger partial charge in [0.05, 0.1) is 12.8 Å². The molecule has 0 atom stereocenters. The monoisotopic (exact) mass is 244 g/mol. The number of carbonyl (C=O) groups excluding carboxylic acids is 2. The predicted octanol–water partition coefficient (Wildman–Crippen LogP) is 2.49. The Morgan fingerprint density at radius 1 is 1.11 bits per heavy atom. The Balaban J connectivity index is 2.64. The molecule has 0 aliphatic rings. The molecule has 2 aromatic rings. The number of anilines is 1. The van der Waals surface area contributed by atoms with E-state index >= 15 is 0 Å². The average Bonchev–Trinajstić information content (AvgIpc) is 2.38. The van der Waals surface area contributed by atoms with Crippen LogP contribution in [-0.2, 0) is 4.74 Å². The van der Waals surface area contributed by atoms with Gasteiger partial charge >= 0.3 is 12.1 Å². The van der Waals surface area contributed by atoms with Crippen LogP contribution in [0.1, 0.15) is 0 Å². The van der Waals surface area contributed by atoms with Crippen molar-refractivity contribution in [1.82, 2.24) is 0 Å². The van der Waals surface area contributed by atoms with Crippen LogP contribution in [0, 0.1) is 0 Å². The fourth-order valence-corrected chi connectivity index (χ4v) is 1.80. The summed E-state index contributed by atoms with van der Waals surface area (Å²) in [6.45, 7) is 0. The number of benzene rings is 2. The summed E-state index contributed by atoms with van der Waals surface area (Å²) in [6.07, 6.45) is -0.807. The van der Waals surface area contributed by atoms with Crippen LogP contribution in [0.15, 0.2) is 42.5 Å². The molecule has 18 heavy (non-hydrogen) atoms. The van der Waals surface area contributed by atoms with E-state index in [0.29, 0.717) is 5.69 Å². The molecule has 5 nitrogen and oxygen atoms in total. The predicted molar refractivity (Wildman–Crippen MR) is 68.4 cm³/mol. The molecule has 0 fully saturated rings. The summed E-state index contributed by atoms with van der Waals surface area (Å²) < 4.78 is 4.56. The van der Waals surface area contributed by atoms with Gasteiger partial charge in [-0.1, -0.05) is 36.4 Å². The van der Waals surface area contributed by atoms with Gasteiger partial charge in [-0.05, 0) is 11.5 Å². The molecule has 3 amide bonds. The van der Waals surface area contributed by atoms with Gasteiger partial charge in [-0.25, -0.2) is 9.59 Å². The molecule has 0 unspecified atom stereocenters. The number of ether oxygens (including phenoxy) is 1. The highest BCUT2D eigenvalue weighted by molar-refractivity contribution is 6.15. The summed E-state index contributed by atoms with van der Waals surface area (Å²) >= 11 is 0. The van der Waals surface area contributed by atoms with Gasteiger partial charge in [0.2, 0.25) is 0 Å². The van der Waals surface area contributed by atoms with Crippen LogP contribution in [0.3, 0.4) is 0 Å². The van der Waals surface area contributed by atoms with Crippen molar-refractivity contribution < 1.29 is 14.3 Å². The zero-order chi connectivity index (χ0) is 13.1. The molecule has 92 valence electrons. The fraction of sp³-hybridized carbons (Fsp3) is 0.0769. The maximum atomic E-state index is 11.6. The Morgan fingerprint density at radius 2 is 1.78 bits per heavy atom. The van der Waals surface area contributed by atoms with E-state index in [0.717, 1.165) is 15.7 Å². The van der Waals surface area contributed by atoms with Crippen LogP contribution in [0.4, 0.5) is 15.3 Å². The molecule has 0 aliphatic heterocycles. The number of rotatable bonds is 1. The first-order chi connectivity index (χ1) is 8.65. The highest BCUT2D eigenvalue weighted by atomic mass is 16.5. The smallest absolute Gasteiger partial charge is 0.422 e. The van der Waals surface area contributed by atoms with Gasteiger partial charge in [0.1, 0.15) is 0 Å². The van der Waals surface area contributed by atoms with Crippen molar-refractivity contribution in [3.05, 3.63) is 42.5 Å². The minimum absolute atomic E-state index is 0.410. The van der Waals surface area contributed by atoms with Crippen molar-refractivity contribution in [3.63, 3.8) is 0 Å². The van der Waals surface area contributed by atoms with E-state index in [4.69, 9.17) is 5.73 Å². The average molecular weight is 244 g/mol. The van der Waals surface area contributed by atoms with E-state index < -0.39 is 12.1 Å². The number of primary amides is 1. The molecule has 0 aromatic heterocycles. The van der Waals surface area contributed by atoms with E-state index in [9.17, 15) is 9.59 Å². The second-order valence-electron chi connectivity index (χ2n) is 3.64. The quantitative estimate of drug-likeness (QED) is 0.837. The molecule has 0 spiro atoms. The lowest BCUT2D eigenvalue weighted by atomic mass is 10.1. The third kappa shape index (κ3) is 1.98. The maximum Gasteiger partial charge on any atom is 0.422 e. The number of nitrogens with two attached hydrogens (primary N) is 1. The number of imide groups is 1. The molecular formula is C13H12N2O3. The van der Waals surface area contributed by atoms with Gasteiger partial charge in [-0.2, -0.15) is 4.90 Å². The summed E-state index contributed by atoms with van der Waals surface area (Å²) in [4.78, 5) is 23.8. The highest BCUT2D eigenvalue weighted by Gasteiger charge is 2.23. The normalized spacial score (nSPS) is 10.1. The molecule has 0 aliphatic carbocycles. The van der Waals surface area contributed by atoms with Crippen LogP contribution in [-0.4, -0.2) is 19.2 Å². The number of nitrogens with zero attached hydrogens (tertiary/aromatic N) is 1. The van der Waals surface area contributed by atoms with E-state index in [2.05, 4.69) is 4.74 Å². The number of amides is 3. The third-order valence-corrected chi connectivity index (χ3v) is 2.59. The summed E-state index contributed by atoms with van der Waals surface area (Å²) in [5, 5.41) is 1.66. The summed E-state index contributed by atoms with van der Waals surface area (Å²) in [7, 11) is 1.20. The lowest BCUT2D eigenvalue weighted by Crippen LogP contribution is -2.40. The second-order valence-corrected chi connectivity index (χ2v) is 3.64. The van der Waals surface area contributed by atoms with Crippen LogP contribution in [0.5, 0.6) is 0 Å². The molecule has 0 bridgehead atoms. The number of carbonyl (C=O) groups is 2. The molecule has 0 saturated heterocycles. The van der Waals surface area contributed by atoms with Crippen LogP contribution in [0.2, 0.25) is 0 Å². The van der Waals surface area contributed by atoms with Crippen molar-refractivity contribution in [2.45, 2.75) is 0 Å². The summed E-state index contributed by atoms with van der Waals surface area (Å²) in [5.41, 5.74) is 5.63. The van der Waals surface area contributed by atoms with Gasteiger partial charge in [0.15, 0.2) is 0 Å². The van der Waals surface area contributed by atoms with Crippen molar-refractivity contribution in [2.75, 3.05) is 12.0 Å². The van der Waals surface area contributed by atoms with Crippen molar-refractivity contribution in [2.24, 2.45) is 5.73 Å². The topological polar surface area (TPSA) is 72.6 Å². The van der Waals surface area contributed by atoms with Crippen LogP contribution >= 0.6 is 0 Å². The zero-order valence-electron chi connectivity index (χ0n) is 9.79. The number of fused-ring (bicyclic) bond motifs is 1. The standard InChI is InChI=1S/C13H12N2O3/c1-18-13(17)15(12(14)16)11-8-4-6-9-5-2-3-7-10(9)11/h2-8H,1H3,(H2,14,16). The van der Waals surface area contributed by atoms with Crippen LogP contribution < -0.4 is 10.6 Å². The first kappa shape index (κ1) is 11.9. The molecule has 0 radical (unpaired) electrons. The minimum atomic E-state index is -0.877. The van der Waals surface area contributed by atoms with Gasteiger partial charge in [-0.15, -0.1) is 0 Å². The lowest BCUT2D eigenvalue weighted by Gasteiger charge is -2.18. The molecule has 5 heteroatoms. The molecule has 2 N–H and O–H groups in total. The fourth-order valence-electron chi connectivity index (χ4n) is 1.80. The maximum absolute atomic E-state index is 11.6. The van der Waals surface area contributed by atoms with E-state index in [-0.39, 0.29) is 0 Å². The molecule has 0 heterocycles. The van der Waals surface area contributed by atoms with Gasteiger partial charge in [0, 0.05) is 5.39 Å². The Labute approximate surface area is 104 Å².